The molecular formula is C13H19F2N3O. The van der Waals surface area contributed by atoms with E-state index in [0.717, 1.165) is 31.7 Å². The van der Waals surface area contributed by atoms with Crippen molar-refractivity contribution in [3.63, 3.8) is 0 Å². The maximum absolute atomic E-state index is 13.6. The van der Waals surface area contributed by atoms with E-state index in [-0.39, 0.29) is 23.7 Å². The van der Waals surface area contributed by atoms with Crippen molar-refractivity contribution in [2.24, 2.45) is 5.41 Å². The summed E-state index contributed by atoms with van der Waals surface area (Å²) in [4.78, 5) is 3.86. The van der Waals surface area contributed by atoms with Crippen LogP contribution in [0.4, 0.5) is 20.4 Å². The molecule has 1 aromatic heterocycles. The van der Waals surface area contributed by atoms with Crippen LogP contribution in [-0.2, 0) is 0 Å². The molecule has 106 valence electrons. The van der Waals surface area contributed by atoms with E-state index in [1.807, 2.05) is 0 Å². The number of hydrogen-bond acceptors (Lipinski definition) is 4. The molecule has 0 atom stereocenters. The van der Waals surface area contributed by atoms with Crippen LogP contribution >= 0.6 is 0 Å². The van der Waals surface area contributed by atoms with Gasteiger partial charge in [0.1, 0.15) is 0 Å². The SMILES string of the molecule is CNc1nc(NCC2(CO)CCCC2)c(F)cc1F. The molecule has 1 fully saturated rings. The molecule has 2 rings (SSSR count). The monoisotopic (exact) mass is 271 g/mol. The van der Waals surface area contributed by atoms with Crippen molar-refractivity contribution in [1.29, 1.82) is 0 Å². The van der Waals surface area contributed by atoms with Gasteiger partial charge in [0.15, 0.2) is 23.3 Å². The molecule has 0 radical (unpaired) electrons. The van der Waals surface area contributed by atoms with Gasteiger partial charge in [0.25, 0.3) is 0 Å². The molecule has 4 nitrogen and oxygen atoms in total. The number of anilines is 2. The quantitative estimate of drug-likeness (QED) is 0.769. The zero-order chi connectivity index (χ0) is 13.9. The summed E-state index contributed by atoms with van der Waals surface area (Å²) in [7, 11) is 1.53. The number of nitrogens with zero attached hydrogens (tertiary/aromatic N) is 1. The Morgan fingerprint density at radius 3 is 2.47 bits per heavy atom. The van der Waals surface area contributed by atoms with E-state index in [9.17, 15) is 13.9 Å². The van der Waals surface area contributed by atoms with Crippen LogP contribution in [0.3, 0.4) is 0 Å². The minimum Gasteiger partial charge on any atom is -0.396 e. The smallest absolute Gasteiger partial charge is 0.168 e. The fourth-order valence-corrected chi connectivity index (χ4v) is 2.55. The minimum atomic E-state index is -0.720. The fraction of sp³-hybridized carbons (Fsp3) is 0.615. The molecule has 1 aromatic rings. The van der Waals surface area contributed by atoms with E-state index < -0.39 is 11.6 Å². The van der Waals surface area contributed by atoms with Crippen LogP contribution in [0.2, 0.25) is 0 Å². The molecule has 0 aliphatic heterocycles. The summed E-state index contributed by atoms with van der Waals surface area (Å²) in [5.74, 6) is -1.41. The Bertz CT molecular complexity index is 448. The lowest BCUT2D eigenvalue weighted by Gasteiger charge is -2.27. The van der Waals surface area contributed by atoms with Crippen LogP contribution in [0.5, 0.6) is 0 Å². The van der Waals surface area contributed by atoms with Crippen LogP contribution in [0.25, 0.3) is 0 Å². The second-order valence-corrected chi connectivity index (χ2v) is 5.12. The summed E-state index contributed by atoms with van der Waals surface area (Å²) < 4.78 is 26.9. The number of aromatic nitrogens is 1. The van der Waals surface area contributed by atoms with Gasteiger partial charge in [-0.2, -0.15) is 0 Å². The van der Waals surface area contributed by atoms with Gasteiger partial charge >= 0.3 is 0 Å². The van der Waals surface area contributed by atoms with Gasteiger partial charge in [-0.05, 0) is 12.8 Å². The number of halogens is 2. The predicted octanol–water partition coefficient (Wildman–Crippen LogP) is 2.37. The van der Waals surface area contributed by atoms with E-state index in [1.165, 1.54) is 7.05 Å². The predicted molar refractivity (Wildman–Crippen MR) is 70.2 cm³/mol. The van der Waals surface area contributed by atoms with Gasteiger partial charge in [-0.25, -0.2) is 13.8 Å². The van der Waals surface area contributed by atoms with Gasteiger partial charge < -0.3 is 15.7 Å². The second-order valence-electron chi connectivity index (χ2n) is 5.12. The van der Waals surface area contributed by atoms with E-state index >= 15 is 0 Å². The third-order valence-electron chi connectivity index (χ3n) is 3.80. The summed E-state index contributed by atoms with van der Waals surface area (Å²) in [6, 6.07) is 0.807. The average molecular weight is 271 g/mol. The molecule has 1 heterocycles. The van der Waals surface area contributed by atoms with E-state index in [4.69, 9.17) is 0 Å². The fourth-order valence-electron chi connectivity index (χ4n) is 2.55. The zero-order valence-electron chi connectivity index (χ0n) is 11.0. The Hall–Kier alpha value is -1.43. The summed E-state index contributed by atoms with van der Waals surface area (Å²) in [5.41, 5.74) is -0.206. The van der Waals surface area contributed by atoms with Gasteiger partial charge in [-0.3, -0.25) is 0 Å². The summed E-state index contributed by atoms with van der Waals surface area (Å²) >= 11 is 0. The molecule has 1 aliphatic rings. The van der Waals surface area contributed by atoms with Crippen molar-refractivity contribution < 1.29 is 13.9 Å². The Morgan fingerprint density at radius 1 is 1.26 bits per heavy atom. The molecule has 1 aliphatic carbocycles. The standard InChI is InChI=1S/C13H19F2N3O/c1-16-11-9(14)6-10(15)12(18-11)17-7-13(8-19)4-2-3-5-13/h6,19H,2-5,7-8H2,1H3,(H2,16,17,18). The lowest BCUT2D eigenvalue weighted by Crippen LogP contribution is -2.31. The number of nitrogens with one attached hydrogen (secondary N) is 2. The zero-order valence-corrected chi connectivity index (χ0v) is 11.0. The molecule has 0 unspecified atom stereocenters. The number of aliphatic hydroxyl groups is 1. The Morgan fingerprint density at radius 2 is 1.89 bits per heavy atom. The molecule has 19 heavy (non-hydrogen) atoms. The first kappa shape index (κ1) is 14.0. The van der Waals surface area contributed by atoms with Crippen molar-refractivity contribution in [2.75, 3.05) is 30.8 Å². The maximum atomic E-state index is 13.6. The number of pyridine rings is 1. The topological polar surface area (TPSA) is 57.2 Å². The van der Waals surface area contributed by atoms with Crippen molar-refractivity contribution in [3.05, 3.63) is 17.7 Å². The van der Waals surface area contributed by atoms with Gasteiger partial charge in [0.05, 0.1) is 6.61 Å². The molecule has 3 N–H and O–H groups in total. The minimum absolute atomic E-state index is 0.00775. The summed E-state index contributed by atoms with van der Waals surface area (Å²) in [6.07, 6.45) is 3.98. The molecule has 6 heteroatoms. The summed E-state index contributed by atoms with van der Waals surface area (Å²) in [6.45, 7) is 0.518. The van der Waals surface area contributed by atoms with Crippen LogP contribution in [0.15, 0.2) is 6.07 Å². The van der Waals surface area contributed by atoms with Crippen molar-refractivity contribution in [2.45, 2.75) is 25.7 Å². The first-order valence-corrected chi connectivity index (χ1v) is 6.49. The Kier molecular flexibility index (Phi) is 4.19. The number of hydrogen-bond donors (Lipinski definition) is 3. The van der Waals surface area contributed by atoms with Crippen LogP contribution in [0, 0.1) is 17.0 Å². The Labute approximate surface area is 111 Å². The highest BCUT2D eigenvalue weighted by molar-refractivity contribution is 5.47. The maximum Gasteiger partial charge on any atom is 0.168 e. The lowest BCUT2D eigenvalue weighted by molar-refractivity contribution is 0.142. The average Bonchev–Trinajstić information content (AvgIpc) is 2.87. The second kappa shape index (κ2) is 5.69. The Balaban J connectivity index is 2.10. The first-order chi connectivity index (χ1) is 9.10. The molecule has 0 aromatic carbocycles. The van der Waals surface area contributed by atoms with Crippen LogP contribution in [-0.4, -0.2) is 30.3 Å². The lowest BCUT2D eigenvalue weighted by atomic mass is 9.87. The van der Waals surface area contributed by atoms with Crippen LogP contribution in [0.1, 0.15) is 25.7 Å². The highest BCUT2D eigenvalue weighted by Crippen LogP contribution is 2.37. The third kappa shape index (κ3) is 2.94. The van der Waals surface area contributed by atoms with Gasteiger partial charge in [0, 0.05) is 25.1 Å². The normalized spacial score (nSPS) is 17.5. The van der Waals surface area contributed by atoms with Crippen molar-refractivity contribution in [1.82, 2.24) is 4.98 Å². The third-order valence-corrected chi connectivity index (χ3v) is 3.80. The van der Waals surface area contributed by atoms with E-state index in [2.05, 4.69) is 15.6 Å². The molecular weight excluding hydrogens is 252 g/mol. The van der Waals surface area contributed by atoms with E-state index in [1.54, 1.807) is 0 Å². The highest BCUT2D eigenvalue weighted by atomic mass is 19.1. The molecule has 1 saturated carbocycles. The molecule has 0 amide bonds. The number of rotatable bonds is 5. The largest absolute Gasteiger partial charge is 0.396 e. The van der Waals surface area contributed by atoms with E-state index in [0.29, 0.717) is 6.54 Å². The molecule has 0 saturated heterocycles. The van der Waals surface area contributed by atoms with Gasteiger partial charge in [-0.15, -0.1) is 0 Å². The van der Waals surface area contributed by atoms with Crippen LogP contribution < -0.4 is 10.6 Å². The van der Waals surface area contributed by atoms with Gasteiger partial charge in [0.2, 0.25) is 0 Å². The van der Waals surface area contributed by atoms with Gasteiger partial charge in [-0.1, -0.05) is 12.8 Å². The number of aliphatic hydroxyl groups excluding tert-OH is 1. The van der Waals surface area contributed by atoms with Crippen molar-refractivity contribution >= 4 is 11.6 Å². The molecule has 0 spiro atoms. The highest BCUT2D eigenvalue weighted by Gasteiger charge is 2.33. The van der Waals surface area contributed by atoms with Crippen molar-refractivity contribution in [3.8, 4) is 0 Å². The summed E-state index contributed by atoms with van der Waals surface area (Å²) in [5, 5.41) is 15.0. The molecule has 0 bridgehead atoms. The first-order valence-electron chi connectivity index (χ1n) is 6.49.